The van der Waals surface area contributed by atoms with Crippen LogP contribution in [0, 0.1) is 0 Å². The van der Waals surface area contributed by atoms with Gasteiger partial charge < -0.3 is 14.8 Å². The average molecular weight is 281 g/mol. The molecule has 2 rings (SSSR count). The number of aromatic nitrogens is 2. The van der Waals surface area contributed by atoms with Crippen LogP contribution in [0.15, 0.2) is 12.3 Å². The molecule has 1 amide bonds. The summed E-state index contributed by atoms with van der Waals surface area (Å²) in [6.07, 6.45) is 4.28. The maximum absolute atomic E-state index is 11.6. The van der Waals surface area contributed by atoms with Gasteiger partial charge >= 0.3 is 0 Å². The Hall–Kier alpha value is -1.40. The van der Waals surface area contributed by atoms with Crippen molar-refractivity contribution >= 4 is 11.7 Å². The predicted octanol–water partition coefficient (Wildman–Crippen LogP) is 2.16. The second-order valence-corrected chi connectivity index (χ2v) is 5.53. The highest BCUT2D eigenvalue weighted by molar-refractivity contribution is 5.89. The minimum absolute atomic E-state index is 0.00598. The van der Waals surface area contributed by atoms with Crippen LogP contribution in [0.3, 0.4) is 0 Å². The van der Waals surface area contributed by atoms with Crippen molar-refractivity contribution in [3.8, 4) is 0 Å². The molecule has 0 spiro atoms. The van der Waals surface area contributed by atoms with E-state index in [2.05, 4.69) is 17.3 Å². The highest BCUT2D eigenvalue weighted by Gasteiger charge is 2.32. The van der Waals surface area contributed by atoms with Gasteiger partial charge in [-0.3, -0.25) is 9.48 Å². The van der Waals surface area contributed by atoms with E-state index < -0.39 is 5.79 Å². The third-order valence-electron chi connectivity index (χ3n) is 3.12. The molecule has 0 radical (unpaired) electrons. The van der Waals surface area contributed by atoms with Crippen molar-refractivity contribution < 1.29 is 14.3 Å². The van der Waals surface area contributed by atoms with Crippen molar-refractivity contribution in [3.05, 3.63) is 12.3 Å². The lowest BCUT2D eigenvalue weighted by Gasteiger charge is -2.16. The Morgan fingerprint density at radius 2 is 2.40 bits per heavy atom. The Balaban J connectivity index is 1.82. The van der Waals surface area contributed by atoms with E-state index in [1.807, 2.05) is 20.0 Å². The summed E-state index contributed by atoms with van der Waals surface area (Å²) in [5, 5.41) is 7.11. The third-order valence-corrected chi connectivity index (χ3v) is 3.12. The van der Waals surface area contributed by atoms with Crippen molar-refractivity contribution in [2.75, 3.05) is 11.9 Å². The number of amides is 1. The van der Waals surface area contributed by atoms with E-state index in [0.717, 1.165) is 12.8 Å². The van der Waals surface area contributed by atoms with Crippen LogP contribution in [0.1, 0.15) is 40.0 Å². The van der Waals surface area contributed by atoms with Crippen LogP contribution in [0.25, 0.3) is 0 Å². The molecule has 6 heteroatoms. The number of carbonyl (C=O) groups excluding carboxylic acids is 1. The molecule has 2 heterocycles. The van der Waals surface area contributed by atoms with Crippen LogP contribution in [-0.2, 0) is 20.8 Å². The molecule has 0 bridgehead atoms. The van der Waals surface area contributed by atoms with E-state index in [-0.39, 0.29) is 12.0 Å². The van der Waals surface area contributed by atoms with Gasteiger partial charge in [0.25, 0.3) is 0 Å². The van der Waals surface area contributed by atoms with Gasteiger partial charge in [0.1, 0.15) is 6.10 Å². The van der Waals surface area contributed by atoms with Gasteiger partial charge in [-0.1, -0.05) is 13.3 Å². The molecule has 1 aromatic heterocycles. The summed E-state index contributed by atoms with van der Waals surface area (Å²) in [6.45, 7) is 7.04. The SMILES string of the molecule is CCCCC(=O)Nc1ccn(C[C@@H]2COC(C)(C)O2)n1. The van der Waals surface area contributed by atoms with E-state index in [0.29, 0.717) is 25.4 Å². The highest BCUT2D eigenvalue weighted by atomic mass is 16.7. The maximum Gasteiger partial charge on any atom is 0.225 e. The predicted molar refractivity (Wildman–Crippen MR) is 75.3 cm³/mol. The topological polar surface area (TPSA) is 65.4 Å². The fourth-order valence-corrected chi connectivity index (χ4v) is 2.13. The van der Waals surface area contributed by atoms with Gasteiger partial charge in [0.15, 0.2) is 11.6 Å². The van der Waals surface area contributed by atoms with Crippen LogP contribution < -0.4 is 5.32 Å². The number of rotatable bonds is 6. The summed E-state index contributed by atoms with van der Waals surface area (Å²) in [7, 11) is 0. The van der Waals surface area contributed by atoms with E-state index in [1.54, 1.807) is 10.7 Å². The summed E-state index contributed by atoms with van der Waals surface area (Å²) >= 11 is 0. The van der Waals surface area contributed by atoms with Crippen molar-refractivity contribution in [2.45, 2.75) is 58.5 Å². The first-order valence-electron chi connectivity index (χ1n) is 7.13. The Kier molecular flexibility index (Phi) is 4.77. The standard InChI is InChI=1S/C14H23N3O3/c1-4-5-6-13(18)15-12-7-8-17(16-12)9-11-10-19-14(2,3)20-11/h7-8,11H,4-6,9-10H2,1-3H3,(H,15,16,18)/t11-/m1/s1. The molecule has 20 heavy (non-hydrogen) atoms. The Bertz CT molecular complexity index is 456. The Morgan fingerprint density at radius 1 is 1.60 bits per heavy atom. The van der Waals surface area contributed by atoms with E-state index in [9.17, 15) is 4.79 Å². The molecular weight excluding hydrogens is 258 g/mol. The molecule has 1 saturated heterocycles. The van der Waals surface area contributed by atoms with Gasteiger partial charge in [-0.15, -0.1) is 0 Å². The second-order valence-electron chi connectivity index (χ2n) is 5.53. The van der Waals surface area contributed by atoms with Crippen LogP contribution in [-0.4, -0.2) is 34.2 Å². The number of hydrogen-bond donors (Lipinski definition) is 1. The Morgan fingerprint density at radius 3 is 3.05 bits per heavy atom. The molecule has 1 N–H and O–H groups in total. The normalized spacial score (nSPS) is 21.1. The number of ether oxygens (including phenoxy) is 2. The van der Waals surface area contributed by atoms with Crippen LogP contribution >= 0.6 is 0 Å². The number of unbranched alkanes of at least 4 members (excludes halogenated alkanes) is 1. The monoisotopic (exact) mass is 281 g/mol. The number of nitrogens with zero attached hydrogens (tertiary/aromatic N) is 2. The van der Waals surface area contributed by atoms with Gasteiger partial charge in [0.05, 0.1) is 13.2 Å². The van der Waals surface area contributed by atoms with E-state index in [4.69, 9.17) is 9.47 Å². The summed E-state index contributed by atoms with van der Waals surface area (Å²) in [4.78, 5) is 11.6. The van der Waals surface area contributed by atoms with Crippen LogP contribution in [0.4, 0.5) is 5.82 Å². The molecule has 1 atom stereocenters. The lowest BCUT2D eigenvalue weighted by Crippen LogP contribution is -2.24. The van der Waals surface area contributed by atoms with Gasteiger partial charge in [-0.05, 0) is 20.3 Å². The molecule has 1 fully saturated rings. The zero-order valence-corrected chi connectivity index (χ0v) is 12.4. The van der Waals surface area contributed by atoms with E-state index >= 15 is 0 Å². The zero-order chi connectivity index (χ0) is 14.6. The first-order chi connectivity index (χ1) is 9.48. The molecule has 6 nitrogen and oxygen atoms in total. The largest absolute Gasteiger partial charge is 0.348 e. The maximum atomic E-state index is 11.6. The van der Waals surface area contributed by atoms with Crippen LogP contribution in [0.5, 0.6) is 0 Å². The number of hydrogen-bond acceptors (Lipinski definition) is 4. The van der Waals surface area contributed by atoms with Gasteiger partial charge in [-0.2, -0.15) is 5.10 Å². The quantitative estimate of drug-likeness (QED) is 0.868. The minimum atomic E-state index is -0.519. The summed E-state index contributed by atoms with van der Waals surface area (Å²) in [5.74, 6) is 0.0811. The molecule has 0 aliphatic carbocycles. The first kappa shape index (κ1) is 15.0. The fourth-order valence-electron chi connectivity index (χ4n) is 2.13. The average Bonchev–Trinajstić information content (AvgIpc) is 2.94. The molecule has 1 aliphatic rings. The number of anilines is 1. The molecule has 0 aromatic carbocycles. The summed E-state index contributed by atoms with van der Waals surface area (Å²) in [6, 6.07) is 1.80. The van der Waals surface area contributed by atoms with Crippen molar-refractivity contribution in [2.24, 2.45) is 0 Å². The van der Waals surface area contributed by atoms with Crippen molar-refractivity contribution in [3.63, 3.8) is 0 Å². The molecule has 0 saturated carbocycles. The third kappa shape index (κ3) is 4.31. The van der Waals surface area contributed by atoms with Gasteiger partial charge in [0, 0.05) is 18.7 Å². The minimum Gasteiger partial charge on any atom is -0.348 e. The molecular formula is C14H23N3O3. The zero-order valence-electron chi connectivity index (χ0n) is 12.4. The molecule has 1 aliphatic heterocycles. The van der Waals surface area contributed by atoms with Gasteiger partial charge in [0.2, 0.25) is 5.91 Å². The lowest BCUT2D eigenvalue weighted by molar-refractivity contribution is -0.139. The van der Waals surface area contributed by atoms with Crippen molar-refractivity contribution in [1.29, 1.82) is 0 Å². The Labute approximate surface area is 119 Å². The van der Waals surface area contributed by atoms with E-state index in [1.165, 1.54) is 0 Å². The number of carbonyl (C=O) groups is 1. The second kappa shape index (κ2) is 6.37. The summed E-state index contributed by atoms with van der Waals surface area (Å²) in [5.41, 5.74) is 0. The highest BCUT2D eigenvalue weighted by Crippen LogP contribution is 2.23. The molecule has 0 unspecified atom stereocenters. The lowest BCUT2D eigenvalue weighted by atomic mass is 10.2. The molecule has 1 aromatic rings. The smallest absolute Gasteiger partial charge is 0.225 e. The fraction of sp³-hybridized carbons (Fsp3) is 0.714. The van der Waals surface area contributed by atoms with Crippen molar-refractivity contribution in [1.82, 2.24) is 9.78 Å². The summed E-state index contributed by atoms with van der Waals surface area (Å²) < 4.78 is 13.0. The number of nitrogens with one attached hydrogen (secondary N) is 1. The van der Waals surface area contributed by atoms with Gasteiger partial charge in [-0.25, -0.2) is 0 Å². The first-order valence-corrected chi connectivity index (χ1v) is 7.13. The molecule has 112 valence electrons. The van der Waals surface area contributed by atoms with Crippen LogP contribution in [0.2, 0.25) is 0 Å².